The molecule has 0 aliphatic heterocycles. The SMILES string of the molecule is CCC(NC(=O)c1ccc(C)c(N(C)S(=O)(=O)c2ccccc2)c1)c1ccc(C)cc1. The third kappa shape index (κ3) is 4.97. The summed E-state index contributed by atoms with van der Waals surface area (Å²) in [5.74, 6) is -0.237. The Morgan fingerprint density at radius 3 is 2.23 bits per heavy atom. The molecule has 162 valence electrons. The number of carbonyl (C=O) groups is 1. The quantitative estimate of drug-likeness (QED) is 0.566. The normalized spacial score (nSPS) is 12.3. The van der Waals surface area contributed by atoms with Gasteiger partial charge in [0.1, 0.15) is 0 Å². The Kier molecular flexibility index (Phi) is 6.81. The predicted molar refractivity (Wildman–Crippen MR) is 125 cm³/mol. The number of hydrogen-bond donors (Lipinski definition) is 1. The molecule has 5 nitrogen and oxygen atoms in total. The van der Waals surface area contributed by atoms with Gasteiger partial charge in [-0.2, -0.15) is 0 Å². The zero-order valence-electron chi connectivity index (χ0n) is 18.3. The molecule has 0 aromatic heterocycles. The van der Waals surface area contributed by atoms with Crippen molar-refractivity contribution in [2.75, 3.05) is 11.4 Å². The molecular weight excluding hydrogens is 408 g/mol. The summed E-state index contributed by atoms with van der Waals surface area (Å²) in [6.45, 7) is 5.87. The van der Waals surface area contributed by atoms with Crippen molar-refractivity contribution in [2.24, 2.45) is 0 Å². The molecule has 6 heteroatoms. The van der Waals surface area contributed by atoms with Gasteiger partial charge >= 0.3 is 0 Å². The third-order valence-corrected chi connectivity index (χ3v) is 7.19. The van der Waals surface area contributed by atoms with E-state index in [1.54, 1.807) is 48.5 Å². The number of hydrogen-bond acceptors (Lipinski definition) is 3. The van der Waals surface area contributed by atoms with Crippen LogP contribution in [0.1, 0.15) is 46.4 Å². The maximum absolute atomic E-state index is 13.0. The zero-order chi connectivity index (χ0) is 22.6. The van der Waals surface area contributed by atoms with Gasteiger partial charge in [-0.15, -0.1) is 0 Å². The second-order valence-electron chi connectivity index (χ2n) is 7.63. The Labute approximate surface area is 184 Å². The number of sulfonamides is 1. The van der Waals surface area contributed by atoms with Gasteiger partial charge in [0, 0.05) is 12.6 Å². The van der Waals surface area contributed by atoms with Crippen molar-refractivity contribution in [1.29, 1.82) is 0 Å². The molecule has 0 bridgehead atoms. The third-order valence-electron chi connectivity index (χ3n) is 5.41. The molecule has 0 fully saturated rings. The molecule has 0 spiro atoms. The fraction of sp³-hybridized carbons (Fsp3) is 0.240. The number of aryl methyl sites for hydroxylation is 2. The predicted octanol–water partition coefficient (Wildman–Crippen LogP) is 5.01. The summed E-state index contributed by atoms with van der Waals surface area (Å²) in [5.41, 5.74) is 3.86. The van der Waals surface area contributed by atoms with Crippen LogP contribution >= 0.6 is 0 Å². The summed E-state index contributed by atoms with van der Waals surface area (Å²) in [6, 6.07) is 21.4. The average Bonchev–Trinajstić information content (AvgIpc) is 2.78. The monoisotopic (exact) mass is 436 g/mol. The van der Waals surface area contributed by atoms with E-state index in [0.29, 0.717) is 11.3 Å². The van der Waals surface area contributed by atoms with Crippen LogP contribution < -0.4 is 9.62 Å². The Morgan fingerprint density at radius 1 is 0.968 bits per heavy atom. The van der Waals surface area contributed by atoms with E-state index in [1.807, 2.05) is 45.0 Å². The van der Waals surface area contributed by atoms with E-state index in [-0.39, 0.29) is 16.8 Å². The lowest BCUT2D eigenvalue weighted by atomic mass is 10.0. The molecule has 0 radical (unpaired) electrons. The molecule has 0 aliphatic carbocycles. The van der Waals surface area contributed by atoms with Gasteiger partial charge in [-0.25, -0.2) is 8.42 Å². The summed E-state index contributed by atoms with van der Waals surface area (Å²) in [4.78, 5) is 13.2. The Balaban J connectivity index is 1.87. The van der Waals surface area contributed by atoms with Crippen LogP contribution in [0.25, 0.3) is 0 Å². The van der Waals surface area contributed by atoms with Crippen LogP contribution in [0.3, 0.4) is 0 Å². The van der Waals surface area contributed by atoms with Gasteiger partial charge < -0.3 is 5.32 Å². The van der Waals surface area contributed by atoms with E-state index in [1.165, 1.54) is 11.4 Å². The molecule has 1 atom stereocenters. The van der Waals surface area contributed by atoms with Crippen LogP contribution in [0.5, 0.6) is 0 Å². The van der Waals surface area contributed by atoms with Crippen molar-refractivity contribution in [3.63, 3.8) is 0 Å². The lowest BCUT2D eigenvalue weighted by molar-refractivity contribution is 0.0935. The first-order chi connectivity index (χ1) is 14.7. The fourth-order valence-corrected chi connectivity index (χ4v) is 4.70. The van der Waals surface area contributed by atoms with Gasteiger partial charge in [-0.1, -0.05) is 61.0 Å². The Morgan fingerprint density at radius 2 is 1.61 bits per heavy atom. The average molecular weight is 437 g/mol. The number of nitrogens with zero attached hydrogens (tertiary/aromatic N) is 1. The zero-order valence-corrected chi connectivity index (χ0v) is 19.1. The van der Waals surface area contributed by atoms with Crippen LogP contribution in [0.4, 0.5) is 5.69 Å². The first-order valence-electron chi connectivity index (χ1n) is 10.3. The van der Waals surface area contributed by atoms with E-state index < -0.39 is 10.0 Å². The number of benzene rings is 3. The highest BCUT2D eigenvalue weighted by molar-refractivity contribution is 7.92. The molecule has 31 heavy (non-hydrogen) atoms. The maximum atomic E-state index is 13.0. The Hall–Kier alpha value is -3.12. The number of amides is 1. The standard InChI is InChI=1S/C25H28N2O3S/c1-5-23(20-14-11-18(2)12-15-20)26-25(28)21-16-13-19(3)24(17-21)27(4)31(29,30)22-9-7-6-8-10-22/h6-17,23H,5H2,1-4H3,(H,26,28). The number of nitrogens with one attached hydrogen (secondary N) is 1. The van der Waals surface area contributed by atoms with Crippen molar-refractivity contribution >= 4 is 21.6 Å². The minimum atomic E-state index is -3.73. The molecule has 3 rings (SSSR count). The molecule has 3 aromatic rings. The molecule has 1 N–H and O–H groups in total. The number of anilines is 1. The second-order valence-corrected chi connectivity index (χ2v) is 9.60. The molecule has 3 aromatic carbocycles. The van der Waals surface area contributed by atoms with Gasteiger partial charge in [0.2, 0.25) is 0 Å². The summed E-state index contributed by atoms with van der Waals surface area (Å²) < 4.78 is 27.3. The highest BCUT2D eigenvalue weighted by Gasteiger charge is 2.23. The summed E-state index contributed by atoms with van der Waals surface area (Å²) in [6.07, 6.45) is 0.746. The van der Waals surface area contributed by atoms with Gasteiger partial charge in [-0.05, 0) is 55.7 Å². The molecule has 1 amide bonds. The van der Waals surface area contributed by atoms with Crippen LogP contribution in [0, 0.1) is 13.8 Å². The fourth-order valence-electron chi connectivity index (χ4n) is 3.43. The van der Waals surface area contributed by atoms with Crippen molar-refractivity contribution in [3.8, 4) is 0 Å². The van der Waals surface area contributed by atoms with E-state index in [9.17, 15) is 13.2 Å². The number of rotatable bonds is 7. The van der Waals surface area contributed by atoms with Crippen LogP contribution in [-0.2, 0) is 10.0 Å². The molecule has 0 saturated carbocycles. The largest absolute Gasteiger partial charge is 0.345 e. The van der Waals surface area contributed by atoms with E-state index in [0.717, 1.165) is 23.1 Å². The van der Waals surface area contributed by atoms with E-state index >= 15 is 0 Å². The van der Waals surface area contributed by atoms with Crippen molar-refractivity contribution in [3.05, 3.63) is 95.1 Å². The van der Waals surface area contributed by atoms with Crippen LogP contribution in [0.15, 0.2) is 77.7 Å². The highest BCUT2D eigenvalue weighted by atomic mass is 32.2. The van der Waals surface area contributed by atoms with Crippen molar-refractivity contribution in [2.45, 2.75) is 38.1 Å². The summed E-state index contributed by atoms with van der Waals surface area (Å²) >= 11 is 0. The van der Waals surface area contributed by atoms with Crippen LogP contribution in [-0.4, -0.2) is 21.4 Å². The molecule has 0 heterocycles. The minimum Gasteiger partial charge on any atom is -0.345 e. The van der Waals surface area contributed by atoms with Gasteiger partial charge in [-0.3, -0.25) is 9.10 Å². The first-order valence-corrected chi connectivity index (χ1v) is 11.7. The van der Waals surface area contributed by atoms with E-state index in [4.69, 9.17) is 0 Å². The number of carbonyl (C=O) groups excluding carboxylic acids is 1. The Bertz CT molecular complexity index is 1160. The van der Waals surface area contributed by atoms with Gasteiger partial charge in [0.25, 0.3) is 15.9 Å². The van der Waals surface area contributed by atoms with Crippen molar-refractivity contribution in [1.82, 2.24) is 5.32 Å². The topological polar surface area (TPSA) is 66.5 Å². The lowest BCUT2D eigenvalue weighted by Gasteiger charge is -2.23. The minimum absolute atomic E-state index is 0.122. The molecule has 1 unspecified atom stereocenters. The highest BCUT2D eigenvalue weighted by Crippen LogP contribution is 2.27. The van der Waals surface area contributed by atoms with Gasteiger partial charge in [0.05, 0.1) is 16.6 Å². The molecule has 0 saturated heterocycles. The lowest BCUT2D eigenvalue weighted by Crippen LogP contribution is -2.30. The molecular formula is C25H28N2O3S. The van der Waals surface area contributed by atoms with Gasteiger partial charge in [0.15, 0.2) is 0 Å². The maximum Gasteiger partial charge on any atom is 0.264 e. The van der Waals surface area contributed by atoms with Crippen molar-refractivity contribution < 1.29 is 13.2 Å². The second kappa shape index (κ2) is 9.35. The summed E-state index contributed by atoms with van der Waals surface area (Å²) in [5, 5.41) is 3.07. The van der Waals surface area contributed by atoms with Crippen LogP contribution in [0.2, 0.25) is 0 Å². The first kappa shape index (κ1) is 22.6. The molecule has 0 aliphatic rings. The summed E-state index contributed by atoms with van der Waals surface area (Å²) in [7, 11) is -2.22. The van der Waals surface area contributed by atoms with E-state index in [2.05, 4.69) is 5.32 Å². The smallest absolute Gasteiger partial charge is 0.264 e.